The Morgan fingerprint density at radius 1 is 1.19 bits per heavy atom. The summed E-state index contributed by atoms with van der Waals surface area (Å²) in [6, 6.07) is 6.88. The lowest BCUT2D eigenvalue weighted by Gasteiger charge is -2.12. The van der Waals surface area contributed by atoms with Crippen molar-refractivity contribution in [3.8, 4) is 0 Å². The molecule has 0 radical (unpaired) electrons. The molecule has 116 valence electrons. The van der Waals surface area contributed by atoms with Crippen LogP contribution in [-0.2, 0) is 25.8 Å². The average Bonchev–Trinajstić information content (AvgIpc) is 2.51. The van der Waals surface area contributed by atoms with E-state index in [2.05, 4.69) is 4.74 Å². The smallest absolute Gasteiger partial charge is 0.306 e. The molecule has 0 heterocycles. The van der Waals surface area contributed by atoms with E-state index in [0.29, 0.717) is 5.56 Å². The number of benzene rings is 1. The molecule has 1 rings (SSSR count). The van der Waals surface area contributed by atoms with E-state index in [4.69, 9.17) is 0 Å². The molecule has 0 aliphatic heterocycles. The fourth-order valence-electron chi connectivity index (χ4n) is 1.81. The van der Waals surface area contributed by atoms with Gasteiger partial charge in [-0.15, -0.1) is 0 Å². The fraction of sp³-hybridized carbons (Fsp3) is 0.467. The van der Waals surface area contributed by atoms with Crippen LogP contribution in [0, 0.1) is 0 Å². The summed E-state index contributed by atoms with van der Waals surface area (Å²) >= 11 is 0. The number of hydrogen-bond donors (Lipinski definition) is 0. The Morgan fingerprint density at radius 3 is 2.24 bits per heavy atom. The average molecular weight is 312 g/mol. The second kappa shape index (κ2) is 7.36. The second-order valence-electron chi connectivity index (χ2n) is 4.75. The van der Waals surface area contributed by atoms with Crippen LogP contribution in [0.3, 0.4) is 0 Å². The number of Topliss-reactive ketones (excluding diaryl/α,β-unsaturated/α-hetero) is 1. The lowest BCUT2D eigenvalue weighted by atomic mass is 10.1. The van der Waals surface area contributed by atoms with E-state index >= 15 is 0 Å². The zero-order valence-corrected chi connectivity index (χ0v) is 13.3. The van der Waals surface area contributed by atoms with Crippen molar-refractivity contribution < 1.29 is 22.7 Å². The summed E-state index contributed by atoms with van der Waals surface area (Å²) in [6.45, 7) is 3.35. The molecule has 1 unspecified atom stereocenters. The minimum Gasteiger partial charge on any atom is -0.469 e. The summed E-state index contributed by atoms with van der Waals surface area (Å²) < 4.78 is 28.5. The van der Waals surface area contributed by atoms with E-state index in [9.17, 15) is 18.0 Å². The van der Waals surface area contributed by atoms with E-state index in [1.807, 2.05) is 6.92 Å². The molecule has 0 bridgehead atoms. The molecule has 1 aromatic rings. The Hall–Kier alpha value is -1.69. The van der Waals surface area contributed by atoms with Crippen LogP contribution in [0.15, 0.2) is 24.3 Å². The van der Waals surface area contributed by atoms with Gasteiger partial charge in [0.25, 0.3) is 0 Å². The quantitative estimate of drug-likeness (QED) is 0.567. The minimum absolute atomic E-state index is 0.245. The molecule has 0 saturated heterocycles. The zero-order valence-electron chi connectivity index (χ0n) is 12.5. The summed E-state index contributed by atoms with van der Waals surface area (Å²) in [4.78, 5) is 23.2. The first-order chi connectivity index (χ1) is 9.81. The van der Waals surface area contributed by atoms with E-state index < -0.39 is 26.8 Å². The van der Waals surface area contributed by atoms with Crippen molar-refractivity contribution in [1.29, 1.82) is 0 Å². The number of ether oxygens (including phenoxy) is 1. The van der Waals surface area contributed by atoms with Crippen LogP contribution in [0.25, 0.3) is 0 Å². The van der Waals surface area contributed by atoms with Gasteiger partial charge in [0.2, 0.25) is 0 Å². The number of methoxy groups -OCH3 is 1. The summed E-state index contributed by atoms with van der Waals surface area (Å²) in [5.74, 6) is -1.45. The number of hydrogen-bond acceptors (Lipinski definition) is 5. The van der Waals surface area contributed by atoms with Gasteiger partial charge in [-0.2, -0.15) is 0 Å². The van der Waals surface area contributed by atoms with Gasteiger partial charge in [-0.05, 0) is 18.9 Å². The van der Waals surface area contributed by atoms with Gasteiger partial charge in [0.15, 0.2) is 15.6 Å². The fourth-order valence-corrected chi connectivity index (χ4v) is 3.07. The van der Waals surface area contributed by atoms with Crippen molar-refractivity contribution in [2.75, 3.05) is 12.9 Å². The molecular formula is C15H20O5S. The van der Waals surface area contributed by atoms with Crippen LogP contribution in [0.1, 0.15) is 36.2 Å². The Bertz CT molecular complexity index is 601. The lowest BCUT2D eigenvalue weighted by molar-refractivity contribution is -0.140. The largest absolute Gasteiger partial charge is 0.469 e. The van der Waals surface area contributed by atoms with E-state index in [-0.39, 0.29) is 12.2 Å². The predicted octanol–water partition coefficient (Wildman–Crippen LogP) is 1.80. The van der Waals surface area contributed by atoms with Gasteiger partial charge < -0.3 is 4.74 Å². The molecule has 0 amide bonds. The number of ketones is 1. The Balaban J connectivity index is 2.82. The standard InChI is InChI=1S/C15H20O5S/c1-4-12-5-7-13(8-6-12)15(17)11(2)21(18,19)10-9-14(16)20-3/h5-8,11H,4,9-10H2,1-3H3. The van der Waals surface area contributed by atoms with Crippen molar-refractivity contribution in [2.45, 2.75) is 31.9 Å². The highest BCUT2D eigenvalue weighted by molar-refractivity contribution is 7.92. The van der Waals surface area contributed by atoms with Crippen LogP contribution in [0.5, 0.6) is 0 Å². The van der Waals surface area contributed by atoms with Crippen LogP contribution < -0.4 is 0 Å². The van der Waals surface area contributed by atoms with Gasteiger partial charge in [0, 0.05) is 5.56 Å². The predicted molar refractivity (Wildman–Crippen MR) is 80.0 cm³/mol. The maximum absolute atomic E-state index is 12.2. The van der Waals surface area contributed by atoms with Gasteiger partial charge in [-0.3, -0.25) is 9.59 Å². The molecule has 0 spiro atoms. The number of sulfone groups is 1. The third-order valence-electron chi connectivity index (χ3n) is 3.37. The normalized spacial score (nSPS) is 12.7. The molecule has 0 aliphatic carbocycles. The molecule has 0 aliphatic rings. The minimum atomic E-state index is -3.68. The zero-order chi connectivity index (χ0) is 16.0. The summed E-state index contributed by atoms with van der Waals surface area (Å²) in [6.07, 6.45) is 0.604. The maximum Gasteiger partial charge on any atom is 0.306 e. The van der Waals surface area contributed by atoms with Crippen LogP contribution in [0.4, 0.5) is 0 Å². The number of carbonyl (C=O) groups is 2. The Kier molecular flexibility index (Phi) is 6.08. The van der Waals surface area contributed by atoms with Gasteiger partial charge in [-0.25, -0.2) is 8.42 Å². The van der Waals surface area contributed by atoms with E-state index in [0.717, 1.165) is 12.0 Å². The van der Waals surface area contributed by atoms with Crippen LogP contribution >= 0.6 is 0 Å². The first-order valence-electron chi connectivity index (χ1n) is 6.73. The van der Waals surface area contributed by atoms with Gasteiger partial charge in [0.1, 0.15) is 5.25 Å². The monoisotopic (exact) mass is 312 g/mol. The van der Waals surface area contributed by atoms with Crippen LogP contribution in [-0.4, -0.2) is 38.3 Å². The van der Waals surface area contributed by atoms with Crippen molar-refractivity contribution in [3.63, 3.8) is 0 Å². The summed E-state index contributed by atoms with van der Waals surface area (Å²) in [5.41, 5.74) is 1.44. The van der Waals surface area contributed by atoms with Crippen molar-refractivity contribution in [2.24, 2.45) is 0 Å². The molecular weight excluding hydrogens is 292 g/mol. The number of rotatable bonds is 7. The highest BCUT2D eigenvalue weighted by atomic mass is 32.2. The topological polar surface area (TPSA) is 77.5 Å². The summed E-state index contributed by atoms with van der Waals surface area (Å²) in [7, 11) is -2.49. The molecule has 0 aromatic heterocycles. The van der Waals surface area contributed by atoms with Crippen LogP contribution in [0.2, 0.25) is 0 Å². The summed E-state index contributed by atoms with van der Waals surface area (Å²) in [5, 5.41) is -1.17. The molecule has 5 nitrogen and oxygen atoms in total. The molecule has 21 heavy (non-hydrogen) atoms. The molecule has 1 atom stereocenters. The molecule has 0 fully saturated rings. The first kappa shape index (κ1) is 17.4. The number of esters is 1. The lowest BCUT2D eigenvalue weighted by Crippen LogP contribution is -2.30. The van der Waals surface area contributed by atoms with Gasteiger partial charge in [0.05, 0.1) is 19.3 Å². The third-order valence-corrected chi connectivity index (χ3v) is 5.44. The van der Waals surface area contributed by atoms with Gasteiger partial charge in [-0.1, -0.05) is 31.2 Å². The SMILES string of the molecule is CCc1ccc(C(=O)C(C)S(=O)(=O)CCC(=O)OC)cc1. The molecule has 0 N–H and O–H groups in total. The van der Waals surface area contributed by atoms with Crippen molar-refractivity contribution in [3.05, 3.63) is 35.4 Å². The molecule has 1 aromatic carbocycles. The van der Waals surface area contributed by atoms with E-state index in [1.165, 1.54) is 14.0 Å². The number of aryl methyl sites for hydroxylation is 1. The van der Waals surface area contributed by atoms with Crippen molar-refractivity contribution >= 4 is 21.6 Å². The van der Waals surface area contributed by atoms with Crippen molar-refractivity contribution in [1.82, 2.24) is 0 Å². The van der Waals surface area contributed by atoms with E-state index in [1.54, 1.807) is 24.3 Å². The highest BCUT2D eigenvalue weighted by Gasteiger charge is 2.29. The Morgan fingerprint density at radius 2 is 1.76 bits per heavy atom. The first-order valence-corrected chi connectivity index (χ1v) is 8.45. The Labute approximate surface area is 125 Å². The maximum atomic E-state index is 12.2. The number of carbonyl (C=O) groups excluding carboxylic acids is 2. The molecule has 6 heteroatoms. The highest BCUT2D eigenvalue weighted by Crippen LogP contribution is 2.13. The molecule has 0 saturated carbocycles. The second-order valence-corrected chi connectivity index (χ2v) is 7.19. The van der Waals surface area contributed by atoms with Gasteiger partial charge >= 0.3 is 5.97 Å². The third kappa shape index (κ3) is 4.67.